The minimum atomic E-state index is -0.536. The van der Waals surface area contributed by atoms with Gasteiger partial charge < -0.3 is 19.7 Å². The Bertz CT molecular complexity index is 1060. The van der Waals surface area contributed by atoms with Crippen molar-refractivity contribution in [2.45, 2.75) is 32.5 Å². The molecule has 1 fully saturated rings. The van der Waals surface area contributed by atoms with Gasteiger partial charge in [0.25, 0.3) is 11.5 Å². The monoisotopic (exact) mass is 425 g/mol. The van der Waals surface area contributed by atoms with Crippen LogP contribution in [0, 0.1) is 11.3 Å². The fourth-order valence-corrected chi connectivity index (χ4v) is 3.62. The predicted octanol–water partition coefficient (Wildman–Crippen LogP) is 1.37. The van der Waals surface area contributed by atoms with E-state index in [1.54, 1.807) is 31.5 Å². The van der Waals surface area contributed by atoms with Crippen molar-refractivity contribution >= 4 is 23.4 Å². The van der Waals surface area contributed by atoms with Gasteiger partial charge in [-0.3, -0.25) is 14.0 Å². The third-order valence-corrected chi connectivity index (χ3v) is 4.93. The topological polar surface area (TPSA) is 109 Å². The number of amides is 1. The van der Waals surface area contributed by atoms with E-state index in [1.165, 1.54) is 10.5 Å². The van der Waals surface area contributed by atoms with Gasteiger partial charge in [0.05, 0.1) is 17.8 Å². The number of pyridine rings is 1. The van der Waals surface area contributed by atoms with E-state index in [2.05, 4.69) is 5.32 Å². The van der Waals surface area contributed by atoms with Crippen molar-refractivity contribution in [2.24, 2.45) is 0 Å². The Kier molecular flexibility index (Phi) is 7.39. The van der Waals surface area contributed by atoms with Crippen molar-refractivity contribution in [3.63, 3.8) is 0 Å². The van der Waals surface area contributed by atoms with Gasteiger partial charge >= 0.3 is 0 Å². The number of aromatic nitrogens is 2. The summed E-state index contributed by atoms with van der Waals surface area (Å²) in [6.07, 6.45) is 3.48. The van der Waals surface area contributed by atoms with Gasteiger partial charge in [0, 0.05) is 39.5 Å². The van der Waals surface area contributed by atoms with Crippen LogP contribution in [-0.2, 0) is 14.3 Å². The molecule has 2 aromatic heterocycles. The van der Waals surface area contributed by atoms with Crippen molar-refractivity contribution in [1.29, 1.82) is 5.26 Å². The fourth-order valence-electron chi connectivity index (χ4n) is 3.62. The van der Waals surface area contributed by atoms with Crippen LogP contribution in [0.15, 0.2) is 34.8 Å². The summed E-state index contributed by atoms with van der Waals surface area (Å²) < 4.78 is 12.2. The summed E-state index contributed by atoms with van der Waals surface area (Å²) >= 11 is 0. The molecule has 0 saturated carbocycles. The molecule has 0 radical (unpaired) electrons. The Morgan fingerprint density at radius 1 is 1.39 bits per heavy atom. The predicted molar refractivity (Wildman–Crippen MR) is 117 cm³/mol. The van der Waals surface area contributed by atoms with Crippen LogP contribution < -0.4 is 15.8 Å². The first-order valence-corrected chi connectivity index (χ1v) is 10.2. The van der Waals surface area contributed by atoms with Crippen LogP contribution in [0.5, 0.6) is 0 Å². The molecule has 0 aromatic carbocycles. The highest BCUT2D eigenvalue weighted by Crippen LogP contribution is 2.23. The van der Waals surface area contributed by atoms with E-state index in [0.29, 0.717) is 44.1 Å². The maximum absolute atomic E-state index is 13.3. The summed E-state index contributed by atoms with van der Waals surface area (Å²) in [6, 6.07) is 7.20. The van der Waals surface area contributed by atoms with Crippen molar-refractivity contribution in [1.82, 2.24) is 14.7 Å². The zero-order valence-electron chi connectivity index (χ0n) is 18.0. The lowest BCUT2D eigenvalue weighted by Crippen LogP contribution is -2.46. The molecule has 31 heavy (non-hydrogen) atoms. The van der Waals surface area contributed by atoms with Crippen molar-refractivity contribution < 1.29 is 14.3 Å². The number of anilines is 1. The molecule has 1 N–H and O–H groups in total. The molecule has 0 aliphatic carbocycles. The molecule has 9 nitrogen and oxygen atoms in total. The number of ether oxygens (including phenoxy) is 2. The zero-order valence-corrected chi connectivity index (χ0v) is 18.0. The smallest absolute Gasteiger partial charge is 0.267 e. The third-order valence-electron chi connectivity index (χ3n) is 4.93. The van der Waals surface area contributed by atoms with Gasteiger partial charge in [0.1, 0.15) is 23.1 Å². The fraction of sp³-hybridized carbons (Fsp3) is 0.455. The Balaban J connectivity index is 2.05. The number of morpholine rings is 1. The van der Waals surface area contributed by atoms with E-state index < -0.39 is 5.91 Å². The molecule has 0 bridgehead atoms. The second kappa shape index (κ2) is 10.2. The molecule has 2 atom stereocenters. The van der Waals surface area contributed by atoms with Gasteiger partial charge in [-0.25, -0.2) is 4.98 Å². The summed E-state index contributed by atoms with van der Waals surface area (Å²) in [7, 11) is 1.58. The lowest BCUT2D eigenvalue weighted by molar-refractivity contribution is -0.117. The number of carbonyl (C=O) groups excluding carboxylic acids is 1. The summed E-state index contributed by atoms with van der Waals surface area (Å²) in [5.41, 5.74) is 0.206. The van der Waals surface area contributed by atoms with Crippen LogP contribution in [0.1, 0.15) is 25.8 Å². The lowest BCUT2D eigenvalue weighted by atomic mass is 10.1. The van der Waals surface area contributed by atoms with E-state index in [1.807, 2.05) is 24.8 Å². The van der Waals surface area contributed by atoms with Gasteiger partial charge in [-0.1, -0.05) is 6.07 Å². The van der Waals surface area contributed by atoms with Crippen molar-refractivity contribution in [3.05, 3.63) is 45.9 Å². The molecule has 0 spiro atoms. The number of hydrogen-bond donors (Lipinski definition) is 1. The summed E-state index contributed by atoms with van der Waals surface area (Å²) in [5, 5.41) is 12.3. The first-order chi connectivity index (χ1) is 14.9. The first kappa shape index (κ1) is 22.5. The number of rotatable bonds is 7. The minimum absolute atomic E-state index is 0.0453. The SMILES string of the molecule is COCCCNC(=O)/C(C#N)=C/c1c(N2C[C@@H](C)O[C@H](C)C2)nc2ccccn2c1=O. The first-order valence-electron chi connectivity index (χ1n) is 10.2. The molecular weight excluding hydrogens is 398 g/mol. The molecule has 0 unspecified atom stereocenters. The summed E-state index contributed by atoms with van der Waals surface area (Å²) in [6.45, 7) is 5.88. The highest BCUT2D eigenvalue weighted by molar-refractivity contribution is 6.02. The highest BCUT2D eigenvalue weighted by Gasteiger charge is 2.27. The maximum Gasteiger partial charge on any atom is 0.267 e. The Morgan fingerprint density at radius 3 is 2.81 bits per heavy atom. The molecule has 164 valence electrons. The van der Waals surface area contributed by atoms with Gasteiger partial charge in [-0.05, 0) is 38.5 Å². The number of carbonyl (C=O) groups is 1. The Labute approximate surface area is 180 Å². The maximum atomic E-state index is 13.3. The van der Waals surface area contributed by atoms with Gasteiger partial charge in [0.15, 0.2) is 0 Å². The second-order valence-corrected chi connectivity index (χ2v) is 7.52. The largest absolute Gasteiger partial charge is 0.385 e. The Morgan fingerprint density at radius 2 is 2.13 bits per heavy atom. The summed E-state index contributed by atoms with van der Waals surface area (Å²) in [4.78, 5) is 32.5. The average Bonchev–Trinajstić information content (AvgIpc) is 2.75. The van der Waals surface area contributed by atoms with Gasteiger partial charge in [-0.2, -0.15) is 5.26 Å². The van der Waals surface area contributed by atoms with E-state index >= 15 is 0 Å². The molecule has 1 aliphatic rings. The average molecular weight is 425 g/mol. The highest BCUT2D eigenvalue weighted by atomic mass is 16.5. The zero-order chi connectivity index (χ0) is 22.4. The molecular formula is C22H27N5O4. The number of nitriles is 1. The quantitative estimate of drug-likeness (QED) is 0.405. The number of fused-ring (bicyclic) bond motifs is 1. The van der Waals surface area contributed by atoms with Gasteiger partial charge in [0.2, 0.25) is 0 Å². The van der Waals surface area contributed by atoms with E-state index in [0.717, 1.165) is 0 Å². The van der Waals surface area contributed by atoms with Crippen molar-refractivity contribution in [2.75, 3.05) is 38.3 Å². The lowest BCUT2D eigenvalue weighted by Gasteiger charge is -2.36. The molecule has 1 saturated heterocycles. The second-order valence-electron chi connectivity index (χ2n) is 7.52. The minimum Gasteiger partial charge on any atom is -0.385 e. The normalized spacial score (nSPS) is 19.3. The van der Waals surface area contributed by atoms with Crippen LogP contribution in [0.3, 0.4) is 0 Å². The molecule has 1 aliphatic heterocycles. The van der Waals surface area contributed by atoms with Gasteiger partial charge in [-0.15, -0.1) is 0 Å². The van der Waals surface area contributed by atoms with E-state index in [-0.39, 0.29) is 28.9 Å². The van der Waals surface area contributed by atoms with Crippen LogP contribution >= 0.6 is 0 Å². The number of nitrogens with zero attached hydrogens (tertiary/aromatic N) is 4. The standard InChI is InChI=1S/C22H27N5O4/c1-15-13-26(14-16(2)31-15)20-18(22(29)27-9-5-4-7-19(27)25-20)11-17(12-23)21(28)24-8-6-10-30-3/h4-5,7,9,11,15-16H,6,8,10,13-14H2,1-3H3,(H,24,28)/b17-11+/t15-,16-/m1/s1. The van der Waals surface area contributed by atoms with Crippen LogP contribution in [-0.4, -0.2) is 60.9 Å². The number of methoxy groups -OCH3 is 1. The molecule has 9 heteroatoms. The van der Waals surface area contributed by atoms with E-state index in [9.17, 15) is 14.9 Å². The molecule has 2 aromatic rings. The van der Waals surface area contributed by atoms with Crippen molar-refractivity contribution in [3.8, 4) is 6.07 Å². The van der Waals surface area contributed by atoms with E-state index in [4.69, 9.17) is 14.5 Å². The van der Waals surface area contributed by atoms with Crippen LogP contribution in [0.25, 0.3) is 11.7 Å². The molecule has 3 heterocycles. The number of hydrogen-bond acceptors (Lipinski definition) is 7. The Hall–Kier alpha value is -3.22. The third kappa shape index (κ3) is 5.29. The summed E-state index contributed by atoms with van der Waals surface area (Å²) in [5.74, 6) is -0.0936. The molecule has 1 amide bonds. The van der Waals surface area contributed by atoms with Crippen LogP contribution in [0.2, 0.25) is 0 Å². The number of nitrogens with one attached hydrogen (secondary N) is 1. The van der Waals surface area contributed by atoms with Crippen LogP contribution in [0.4, 0.5) is 5.82 Å². The molecule has 3 rings (SSSR count).